The summed E-state index contributed by atoms with van der Waals surface area (Å²) in [7, 11) is 1.99. The van der Waals surface area contributed by atoms with Crippen molar-refractivity contribution in [3.8, 4) is 6.07 Å². The van der Waals surface area contributed by atoms with Crippen molar-refractivity contribution in [1.82, 2.24) is 4.90 Å². The summed E-state index contributed by atoms with van der Waals surface area (Å²) in [5, 5.41) is 10.3. The third-order valence-electron chi connectivity index (χ3n) is 3.05. The van der Waals surface area contributed by atoms with Gasteiger partial charge in [0.25, 0.3) is 0 Å². The van der Waals surface area contributed by atoms with E-state index in [1.165, 1.54) is 0 Å². The molecule has 0 aliphatic rings. The van der Waals surface area contributed by atoms with E-state index in [-0.39, 0.29) is 0 Å². The summed E-state index contributed by atoms with van der Waals surface area (Å²) in [6.45, 7) is 1.37. The Morgan fingerprint density at radius 1 is 1.00 bits per heavy atom. The Hall–Kier alpha value is -1.53. The highest BCUT2D eigenvalue weighted by molar-refractivity contribution is 6.42. The normalized spacial score (nSPS) is 10.6. The van der Waals surface area contributed by atoms with Crippen molar-refractivity contribution in [2.24, 2.45) is 0 Å². The van der Waals surface area contributed by atoms with E-state index in [1.807, 2.05) is 43.4 Å². The molecule has 102 valence electrons. The molecule has 0 aliphatic heterocycles. The lowest BCUT2D eigenvalue weighted by molar-refractivity contribution is 0.319. The Labute approximate surface area is 129 Å². The highest BCUT2D eigenvalue weighted by atomic mass is 35.5. The molecule has 0 unspecified atom stereocenters. The third kappa shape index (κ3) is 3.52. The zero-order chi connectivity index (χ0) is 14.5. The fourth-order valence-electron chi connectivity index (χ4n) is 2.08. The van der Waals surface area contributed by atoms with Crippen LogP contribution in [0.2, 0.25) is 10.0 Å². The zero-order valence-corrected chi connectivity index (χ0v) is 12.6. The van der Waals surface area contributed by atoms with E-state index in [2.05, 4.69) is 11.0 Å². The lowest BCUT2D eigenvalue weighted by Gasteiger charge is -2.18. The van der Waals surface area contributed by atoms with Crippen LogP contribution in [-0.2, 0) is 13.1 Å². The van der Waals surface area contributed by atoms with E-state index in [9.17, 15) is 0 Å². The van der Waals surface area contributed by atoms with Crippen molar-refractivity contribution < 1.29 is 0 Å². The molecule has 4 heteroatoms. The maximum absolute atomic E-state index is 9.09. The fourth-order valence-corrected chi connectivity index (χ4v) is 2.46. The van der Waals surface area contributed by atoms with E-state index in [0.717, 1.165) is 11.1 Å². The molecule has 0 aromatic heterocycles. The lowest BCUT2D eigenvalue weighted by atomic mass is 10.1. The molecular weight excluding hydrogens is 291 g/mol. The first kappa shape index (κ1) is 14.9. The number of halogens is 2. The van der Waals surface area contributed by atoms with Crippen LogP contribution >= 0.6 is 23.2 Å². The maximum atomic E-state index is 9.09. The van der Waals surface area contributed by atoms with E-state index >= 15 is 0 Å². The van der Waals surface area contributed by atoms with Gasteiger partial charge in [-0.3, -0.25) is 4.90 Å². The highest BCUT2D eigenvalue weighted by Gasteiger charge is 2.09. The number of hydrogen-bond acceptors (Lipinski definition) is 2. The molecule has 0 fully saturated rings. The Morgan fingerprint density at radius 2 is 1.65 bits per heavy atom. The molecule has 2 aromatic carbocycles. The Bertz CT molecular complexity index is 647. The highest BCUT2D eigenvalue weighted by Crippen LogP contribution is 2.26. The second-order valence-electron chi connectivity index (χ2n) is 4.65. The van der Waals surface area contributed by atoms with Gasteiger partial charge < -0.3 is 0 Å². The smallest absolute Gasteiger partial charge is 0.0995 e. The second kappa shape index (κ2) is 6.76. The third-order valence-corrected chi connectivity index (χ3v) is 3.91. The summed E-state index contributed by atoms with van der Waals surface area (Å²) in [5.74, 6) is 0. The molecule has 2 nitrogen and oxygen atoms in total. The molecule has 2 aromatic rings. The number of nitrogens with zero attached hydrogens (tertiary/aromatic N) is 2. The molecule has 0 spiro atoms. The molecule has 2 rings (SSSR count). The molecule has 0 atom stereocenters. The number of nitriles is 1. The lowest BCUT2D eigenvalue weighted by Crippen LogP contribution is -2.18. The van der Waals surface area contributed by atoms with Crippen molar-refractivity contribution in [1.29, 1.82) is 5.26 Å². The Morgan fingerprint density at radius 3 is 2.40 bits per heavy atom. The van der Waals surface area contributed by atoms with Crippen LogP contribution in [0, 0.1) is 11.3 Å². The first-order valence-electron chi connectivity index (χ1n) is 6.21. The first-order valence-corrected chi connectivity index (χ1v) is 6.97. The summed E-state index contributed by atoms with van der Waals surface area (Å²) >= 11 is 12.2. The molecule has 0 saturated heterocycles. The average Bonchev–Trinajstić information content (AvgIpc) is 2.44. The van der Waals surface area contributed by atoms with Gasteiger partial charge in [0.15, 0.2) is 0 Å². The van der Waals surface area contributed by atoms with E-state index < -0.39 is 0 Å². The fraction of sp³-hybridized carbons (Fsp3) is 0.188. The van der Waals surface area contributed by atoms with Crippen molar-refractivity contribution in [3.63, 3.8) is 0 Å². The van der Waals surface area contributed by atoms with Crippen LogP contribution < -0.4 is 0 Å². The molecule has 0 bridgehead atoms. The van der Waals surface area contributed by atoms with Gasteiger partial charge in [-0.2, -0.15) is 5.26 Å². The van der Waals surface area contributed by atoms with Crippen LogP contribution in [0.15, 0.2) is 42.5 Å². The van der Waals surface area contributed by atoms with Gasteiger partial charge in [0.05, 0.1) is 21.7 Å². The molecule has 0 radical (unpaired) electrons. The summed E-state index contributed by atoms with van der Waals surface area (Å²) in [6.07, 6.45) is 0. The standard InChI is InChI=1S/C16H14Cl2N2/c1-20(10-13-6-3-2-5-12(13)9-19)11-14-7-4-8-15(17)16(14)18/h2-8H,10-11H2,1H3. The minimum Gasteiger partial charge on any atom is -0.298 e. The molecule has 0 N–H and O–H groups in total. The summed E-state index contributed by atoms with van der Waals surface area (Å²) in [4.78, 5) is 2.10. The number of benzene rings is 2. The Balaban J connectivity index is 2.11. The van der Waals surface area contributed by atoms with Gasteiger partial charge in [-0.15, -0.1) is 0 Å². The van der Waals surface area contributed by atoms with Crippen LogP contribution in [0.4, 0.5) is 0 Å². The second-order valence-corrected chi connectivity index (χ2v) is 5.44. The van der Waals surface area contributed by atoms with Gasteiger partial charge in [0.1, 0.15) is 0 Å². The van der Waals surface area contributed by atoms with Crippen LogP contribution in [0.25, 0.3) is 0 Å². The van der Waals surface area contributed by atoms with E-state index in [4.69, 9.17) is 28.5 Å². The van der Waals surface area contributed by atoms with Gasteiger partial charge in [-0.25, -0.2) is 0 Å². The number of hydrogen-bond donors (Lipinski definition) is 0. The molecular formula is C16H14Cl2N2. The summed E-state index contributed by atoms with van der Waals surface area (Å²) in [5.41, 5.74) is 2.70. The van der Waals surface area contributed by atoms with Crippen LogP contribution in [0.1, 0.15) is 16.7 Å². The average molecular weight is 305 g/mol. The van der Waals surface area contributed by atoms with E-state index in [0.29, 0.717) is 28.7 Å². The van der Waals surface area contributed by atoms with Crippen LogP contribution in [-0.4, -0.2) is 11.9 Å². The van der Waals surface area contributed by atoms with Crippen molar-refractivity contribution in [3.05, 3.63) is 69.2 Å². The predicted octanol–water partition coefficient (Wildman–Crippen LogP) is 4.50. The van der Waals surface area contributed by atoms with Gasteiger partial charge in [0, 0.05) is 13.1 Å². The quantitative estimate of drug-likeness (QED) is 0.831. The molecule has 0 heterocycles. The zero-order valence-electron chi connectivity index (χ0n) is 11.1. The van der Waals surface area contributed by atoms with Crippen LogP contribution in [0.3, 0.4) is 0 Å². The van der Waals surface area contributed by atoms with Crippen molar-refractivity contribution in [2.45, 2.75) is 13.1 Å². The monoisotopic (exact) mass is 304 g/mol. The van der Waals surface area contributed by atoms with Crippen molar-refractivity contribution in [2.75, 3.05) is 7.05 Å². The topological polar surface area (TPSA) is 27.0 Å². The molecule has 20 heavy (non-hydrogen) atoms. The minimum atomic E-state index is 0.565. The van der Waals surface area contributed by atoms with E-state index in [1.54, 1.807) is 6.07 Å². The SMILES string of the molecule is CN(Cc1ccccc1C#N)Cc1cccc(Cl)c1Cl. The number of rotatable bonds is 4. The first-order chi connectivity index (χ1) is 9.61. The van der Waals surface area contributed by atoms with Gasteiger partial charge >= 0.3 is 0 Å². The molecule has 0 amide bonds. The summed E-state index contributed by atoms with van der Waals surface area (Å²) in [6, 6.07) is 15.4. The minimum absolute atomic E-state index is 0.565. The maximum Gasteiger partial charge on any atom is 0.0995 e. The van der Waals surface area contributed by atoms with Crippen LogP contribution in [0.5, 0.6) is 0 Å². The van der Waals surface area contributed by atoms with Crippen molar-refractivity contribution >= 4 is 23.2 Å². The predicted molar refractivity (Wildman–Crippen MR) is 82.8 cm³/mol. The molecule has 0 aliphatic carbocycles. The summed E-state index contributed by atoms with van der Waals surface area (Å²) < 4.78 is 0. The van der Waals surface area contributed by atoms with Gasteiger partial charge in [-0.05, 0) is 30.3 Å². The Kier molecular flexibility index (Phi) is 5.03. The van der Waals surface area contributed by atoms with Gasteiger partial charge in [0.2, 0.25) is 0 Å². The largest absolute Gasteiger partial charge is 0.298 e. The van der Waals surface area contributed by atoms with Gasteiger partial charge in [-0.1, -0.05) is 53.5 Å². The molecule has 0 saturated carbocycles.